The van der Waals surface area contributed by atoms with Crippen LogP contribution in [0, 0.1) is 0 Å². The summed E-state index contributed by atoms with van der Waals surface area (Å²) in [4.78, 5) is 63.5. The maximum Gasteiger partial charge on any atom is 0.408 e. The van der Waals surface area contributed by atoms with Crippen molar-refractivity contribution in [2.75, 3.05) is 26.7 Å². The number of alkyl carbamates (subject to hydrolysis) is 2. The van der Waals surface area contributed by atoms with Crippen LogP contribution in [0.25, 0.3) is 0 Å². The fourth-order valence-corrected chi connectivity index (χ4v) is 3.89. The number of nitrogens with one attached hydrogen (secondary N) is 4. The smallest absolute Gasteiger partial charge is 0.408 e. The summed E-state index contributed by atoms with van der Waals surface area (Å²) in [6.07, 6.45) is 2.86. The van der Waals surface area contributed by atoms with E-state index in [0.717, 1.165) is 0 Å². The van der Waals surface area contributed by atoms with Gasteiger partial charge in [0.05, 0.1) is 7.11 Å². The van der Waals surface area contributed by atoms with E-state index >= 15 is 0 Å². The highest BCUT2D eigenvalue weighted by molar-refractivity contribution is 5.93. The Morgan fingerprint density at radius 2 is 1.02 bits per heavy atom. The van der Waals surface area contributed by atoms with Crippen molar-refractivity contribution in [2.45, 2.75) is 129 Å². The van der Waals surface area contributed by atoms with Gasteiger partial charge in [0.25, 0.3) is 0 Å². The molecule has 4 amide bonds. The van der Waals surface area contributed by atoms with Gasteiger partial charge >= 0.3 is 18.2 Å². The number of amides is 4. The summed E-state index contributed by atoms with van der Waals surface area (Å²) in [5, 5.41) is 10.7. The van der Waals surface area contributed by atoms with Crippen molar-refractivity contribution < 1.29 is 38.2 Å². The third-order valence-corrected chi connectivity index (χ3v) is 5.92. The van der Waals surface area contributed by atoms with E-state index in [4.69, 9.17) is 25.7 Å². The minimum atomic E-state index is -1.03. The van der Waals surface area contributed by atoms with Crippen molar-refractivity contribution in [3.63, 3.8) is 0 Å². The molecule has 0 aliphatic carbocycles. The van der Waals surface area contributed by atoms with Gasteiger partial charge in [-0.1, -0.05) is 0 Å². The lowest BCUT2D eigenvalue weighted by molar-refractivity contribution is -0.145. The van der Waals surface area contributed by atoms with Gasteiger partial charge in [0.15, 0.2) is 0 Å². The van der Waals surface area contributed by atoms with E-state index in [1.165, 1.54) is 7.11 Å². The predicted octanol–water partition coefficient (Wildman–Crippen LogP) is 1.98. The number of rotatable bonds is 19. The Morgan fingerprint density at radius 1 is 0.605 bits per heavy atom. The Balaban J connectivity index is 5.66. The predicted molar refractivity (Wildman–Crippen MR) is 163 cm³/mol. The summed E-state index contributed by atoms with van der Waals surface area (Å²) >= 11 is 0. The summed E-state index contributed by atoms with van der Waals surface area (Å²) in [5.41, 5.74) is 9.76. The van der Waals surface area contributed by atoms with Crippen molar-refractivity contribution in [3.05, 3.63) is 0 Å². The fourth-order valence-electron chi connectivity index (χ4n) is 3.89. The molecule has 0 bridgehead atoms. The van der Waals surface area contributed by atoms with E-state index in [2.05, 4.69) is 21.3 Å². The molecule has 0 aliphatic rings. The van der Waals surface area contributed by atoms with Crippen LogP contribution in [0.15, 0.2) is 0 Å². The molecule has 0 heterocycles. The van der Waals surface area contributed by atoms with Gasteiger partial charge in [-0.05, 0) is 112 Å². The molecule has 0 fully saturated rings. The molecule has 0 rings (SSSR count). The number of methoxy groups -OCH3 is 1. The molecule has 1 unspecified atom stereocenters. The largest absolute Gasteiger partial charge is 0.467 e. The molecule has 14 nitrogen and oxygen atoms in total. The van der Waals surface area contributed by atoms with Gasteiger partial charge in [-0.2, -0.15) is 0 Å². The molecular formula is C29H56N6O8. The lowest BCUT2D eigenvalue weighted by Crippen LogP contribution is -2.56. The van der Waals surface area contributed by atoms with E-state index in [1.54, 1.807) is 41.5 Å². The van der Waals surface area contributed by atoms with Gasteiger partial charge < -0.3 is 46.9 Å². The monoisotopic (exact) mass is 616 g/mol. The van der Waals surface area contributed by atoms with Gasteiger partial charge in [-0.25, -0.2) is 14.4 Å². The summed E-state index contributed by atoms with van der Waals surface area (Å²) in [7, 11) is 1.23. The van der Waals surface area contributed by atoms with Crippen LogP contribution < -0.4 is 32.7 Å². The molecule has 43 heavy (non-hydrogen) atoms. The molecule has 0 radical (unpaired) electrons. The van der Waals surface area contributed by atoms with Crippen LogP contribution in [0.3, 0.4) is 0 Å². The van der Waals surface area contributed by atoms with Crippen LogP contribution in [0.5, 0.6) is 0 Å². The van der Waals surface area contributed by atoms with Crippen molar-refractivity contribution in [1.29, 1.82) is 0 Å². The number of hydrogen-bond acceptors (Lipinski definition) is 10. The van der Waals surface area contributed by atoms with Crippen LogP contribution in [0.1, 0.15) is 99.3 Å². The first-order chi connectivity index (χ1) is 20.0. The maximum absolute atomic E-state index is 13.4. The second-order valence-corrected chi connectivity index (χ2v) is 12.3. The normalized spacial score (nSPS) is 13.6. The van der Waals surface area contributed by atoms with Crippen molar-refractivity contribution in [1.82, 2.24) is 21.3 Å². The highest BCUT2D eigenvalue weighted by atomic mass is 16.6. The van der Waals surface area contributed by atoms with Crippen molar-refractivity contribution >= 4 is 30.0 Å². The molecular weight excluding hydrogens is 560 g/mol. The zero-order valence-electron chi connectivity index (χ0n) is 27.1. The van der Waals surface area contributed by atoms with Gasteiger partial charge in [-0.3, -0.25) is 9.59 Å². The molecule has 0 aromatic heterocycles. The van der Waals surface area contributed by atoms with Crippen molar-refractivity contribution in [3.8, 4) is 0 Å². The van der Waals surface area contributed by atoms with Crippen LogP contribution in [0.4, 0.5) is 9.59 Å². The first kappa shape index (κ1) is 39.9. The Hall–Kier alpha value is -3.13. The Kier molecular flexibility index (Phi) is 19.2. The second-order valence-electron chi connectivity index (χ2n) is 12.3. The van der Waals surface area contributed by atoms with Crippen LogP contribution in [0.2, 0.25) is 0 Å². The summed E-state index contributed by atoms with van der Waals surface area (Å²) in [5.74, 6) is -1.76. The van der Waals surface area contributed by atoms with E-state index in [0.29, 0.717) is 64.6 Å². The minimum absolute atomic E-state index is 0.201. The van der Waals surface area contributed by atoms with Gasteiger partial charge in [0.2, 0.25) is 11.8 Å². The second kappa shape index (κ2) is 20.7. The average Bonchev–Trinajstić information content (AvgIpc) is 2.88. The standard InChI is InChI=1S/C29H56N6O8/c1-28(2,3)42-26(39)32-19-13-10-15-20(23(36)34-22(25(38)41-7)16-9-12-18-31)33-24(37)21(14-8-11-17-30)35-27(40)43-29(4,5)6/h20-22H,8-19,30-31H2,1-7H3,(H,32,39)(H,33,37)(H,34,36)(H,35,40)/t20-,21+,22?/m0/s1. The fraction of sp³-hybridized carbons (Fsp3) is 0.828. The van der Waals surface area contributed by atoms with Crippen LogP contribution in [-0.2, 0) is 28.6 Å². The zero-order valence-corrected chi connectivity index (χ0v) is 27.1. The van der Waals surface area contributed by atoms with E-state index in [9.17, 15) is 24.0 Å². The number of nitrogens with two attached hydrogens (primary N) is 2. The summed E-state index contributed by atoms with van der Waals surface area (Å²) in [6, 6.07) is -2.93. The summed E-state index contributed by atoms with van der Waals surface area (Å²) in [6.45, 7) is 11.6. The zero-order chi connectivity index (χ0) is 33.1. The minimum Gasteiger partial charge on any atom is -0.467 e. The molecule has 0 aliphatic heterocycles. The molecule has 0 spiro atoms. The Labute approximate surface area is 256 Å². The van der Waals surface area contributed by atoms with Crippen LogP contribution >= 0.6 is 0 Å². The lowest BCUT2D eigenvalue weighted by atomic mass is 10.0. The number of ether oxygens (including phenoxy) is 3. The number of carbonyl (C=O) groups excluding carboxylic acids is 5. The number of carbonyl (C=O) groups is 5. The lowest BCUT2D eigenvalue weighted by Gasteiger charge is -2.26. The Morgan fingerprint density at radius 3 is 1.49 bits per heavy atom. The molecule has 0 aromatic rings. The molecule has 250 valence electrons. The van der Waals surface area contributed by atoms with E-state index in [-0.39, 0.29) is 12.8 Å². The molecule has 0 saturated carbocycles. The first-order valence-electron chi connectivity index (χ1n) is 15.1. The summed E-state index contributed by atoms with van der Waals surface area (Å²) < 4.78 is 15.4. The first-order valence-corrected chi connectivity index (χ1v) is 15.1. The number of unbranched alkanes of at least 4 members (excludes halogenated alkanes) is 3. The molecule has 14 heteroatoms. The molecule has 0 saturated heterocycles. The van der Waals surface area contributed by atoms with E-state index < -0.39 is 59.3 Å². The maximum atomic E-state index is 13.4. The highest BCUT2D eigenvalue weighted by Crippen LogP contribution is 2.11. The van der Waals surface area contributed by atoms with Gasteiger partial charge in [0, 0.05) is 6.54 Å². The van der Waals surface area contributed by atoms with E-state index in [1.807, 2.05) is 0 Å². The van der Waals surface area contributed by atoms with Gasteiger partial charge in [-0.15, -0.1) is 0 Å². The SMILES string of the molecule is COC(=O)C(CCCCN)NC(=O)[C@H](CCCCNC(=O)OC(C)(C)C)NC(=O)[C@@H](CCCCN)NC(=O)OC(C)(C)C. The quantitative estimate of drug-likeness (QED) is 0.0705. The number of esters is 1. The highest BCUT2D eigenvalue weighted by Gasteiger charge is 2.30. The van der Waals surface area contributed by atoms with Crippen LogP contribution in [-0.4, -0.2) is 86.0 Å². The van der Waals surface area contributed by atoms with Crippen molar-refractivity contribution in [2.24, 2.45) is 11.5 Å². The third-order valence-electron chi connectivity index (χ3n) is 5.92. The topological polar surface area (TPSA) is 213 Å². The number of hydrogen-bond donors (Lipinski definition) is 6. The molecule has 0 aromatic carbocycles. The third kappa shape index (κ3) is 20.4. The average molecular weight is 617 g/mol. The Bertz CT molecular complexity index is 872. The molecule has 8 N–H and O–H groups in total. The molecule has 3 atom stereocenters. The van der Waals surface area contributed by atoms with Gasteiger partial charge in [0.1, 0.15) is 29.3 Å².